The van der Waals surface area contributed by atoms with E-state index in [4.69, 9.17) is 0 Å². The van der Waals surface area contributed by atoms with Crippen molar-refractivity contribution in [1.29, 1.82) is 0 Å². The highest BCUT2D eigenvalue weighted by Crippen LogP contribution is 2.16. The molecule has 0 aliphatic carbocycles. The minimum Gasteiger partial charge on any atom is -0.356 e. The van der Waals surface area contributed by atoms with E-state index < -0.39 is 0 Å². The third-order valence-corrected chi connectivity index (χ3v) is 4.11. The van der Waals surface area contributed by atoms with Gasteiger partial charge in [0.2, 0.25) is 5.91 Å². The monoisotopic (exact) mass is 239 g/mol. The first kappa shape index (κ1) is 12.8. The molecule has 0 aromatic carbocycles. The van der Waals surface area contributed by atoms with Gasteiger partial charge in [0.15, 0.2) is 0 Å². The van der Waals surface area contributed by atoms with Crippen LogP contribution in [0.25, 0.3) is 0 Å². The number of amides is 1. The molecule has 2 aliphatic heterocycles. The Hall–Kier alpha value is -0.610. The van der Waals surface area contributed by atoms with Gasteiger partial charge < -0.3 is 15.5 Å². The number of hydrogen-bond donors (Lipinski definition) is 2. The van der Waals surface area contributed by atoms with Gasteiger partial charge >= 0.3 is 0 Å². The van der Waals surface area contributed by atoms with Gasteiger partial charge in [-0.05, 0) is 64.8 Å². The zero-order valence-corrected chi connectivity index (χ0v) is 10.9. The highest BCUT2D eigenvalue weighted by Gasteiger charge is 2.22. The molecule has 0 aromatic heterocycles. The zero-order valence-electron chi connectivity index (χ0n) is 10.9. The van der Waals surface area contributed by atoms with Crippen molar-refractivity contribution >= 4 is 5.91 Å². The summed E-state index contributed by atoms with van der Waals surface area (Å²) in [5, 5.41) is 6.45. The van der Waals surface area contributed by atoms with Crippen molar-refractivity contribution < 1.29 is 4.79 Å². The van der Waals surface area contributed by atoms with E-state index in [9.17, 15) is 4.79 Å². The topological polar surface area (TPSA) is 44.4 Å². The molecule has 2 aliphatic rings. The second-order valence-corrected chi connectivity index (χ2v) is 5.52. The van der Waals surface area contributed by atoms with Gasteiger partial charge in [0.05, 0.1) is 0 Å². The molecule has 0 bridgehead atoms. The second kappa shape index (κ2) is 6.36. The van der Waals surface area contributed by atoms with E-state index >= 15 is 0 Å². The molecule has 98 valence electrons. The second-order valence-electron chi connectivity index (χ2n) is 5.52. The van der Waals surface area contributed by atoms with Crippen molar-refractivity contribution in [2.24, 2.45) is 11.8 Å². The van der Waals surface area contributed by atoms with Crippen molar-refractivity contribution in [3.8, 4) is 0 Å². The summed E-state index contributed by atoms with van der Waals surface area (Å²) < 4.78 is 0. The van der Waals surface area contributed by atoms with E-state index in [2.05, 4.69) is 22.6 Å². The van der Waals surface area contributed by atoms with Crippen LogP contribution in [0.1, 0.15) is 25.7 Å². The molecule has 2 saturated heterocycles. The minimum atomic E-state index is 0.252. The lowest BCUT2D eigenvalue weighted by Crippen LogP contribution is -2.41. The van der Waals surface area contributed by atoms with Crippen molar-refractivity contribution in [3.05, 3.63) is 0 Å². The van der Waals surface area contributed by atoms with Gasteiger partial charge in [-0.3, -0.25) is 4.79 Å². The Labute approximate surface area is 104 Å². The van der Waals surface area contributed by atoms with Gasteiger partial charge in [-0.2, -0.15) is 0 Å². The van der Waals surface area contributed by atoms with Crippen LogP contribution in [0.15, 0.2) is 0 Å². The van der Waals surface area contributed by atoms with Crippen LogP contribution in [0.3, 0.4) is 0 Å². The summed E-state index contributed by atoms with van der Waals surface area (Å²) in [6, 6.07) is 0. The summed E-state index contributed by atoms with van der Waals surface area (Å²) in [5.74, 6) is 1.23. The molecular formula is C13H25N3O. The fourth-order valence-corrected chi connectivity index (χ4v) is 2.74. The number of nitrogens with zero attached hydrogens (tertiary/aromatic N) is 1. The predicted octanol–water partition coefficient (Wildman–Crippen LogP) is 0.444. The molecule has 4 nitrogen and oxygen atoms in total. The number of hydrogen-bond acceptors (Lipinski definition) is 3. The van der Waals surface area contributed by atoms with Crippen LogP contribution in [-0.2, 0) is 4.79 Å². The van der Waals surface area contributed by atoms with Crippen molar-refractivity contribution in [1.82, 2.24) is 15.5 Å². The number of piperidine rings is 2. The fourth-order valence-electron chi connectivity index (χ4n) is 2.74. The van der Waals surface area contributed by atoms with Gasteiger partial charge in [-0.1, -0.05) is 0 Å². The number of rotatable bonds is 3. The van der Waals surface area contributed by atoms with E-state index in [1.54, 1.807) is 0 Å². The van der Waals surface area contributed by atoms with Crippen molar-refractivity contribution in [2.45, 2.75) is 25.7 Å². The first-order valence-electron chi connectivity index (χ1n) is 6.92. The van der Waals surface area contributed by atoms with E-state index in [1.165, 1.54) is 25.9 Å². The quantitative estimate of drug-likeness (QED) is 0.751. The Kier molecular flexibility index (Phi) is 4.80. The molecule has 0 unspecified atom stereocenters. The van der Waals surface area contributed by atoms with E-state index in [1.807, 2.05) is 0 Å². The standard InChI is InChI=1S/C13H25N3O/c1-16-8-4-11(5-9-16)10-15-13(17)12-2-6-14-7-3-12/h11-12,14H,2-10H2,1H3,(H,15,17). The average molecular weight is 239 g/mol. The Balaban J connectivity index is 1.65. The molecule has 2 heterocycles. The number of likely N-dealkylation sites (tertiary alicyclic amines) is 1. The molecule has 2 rings (SSSR count). The molecule has 0 saturated carbocycles. The summed E-state index contributed by atoms with van der Waals surface area (Å²) in [4.78, 5) is 14.3. The van der Waals surface area contributed by atoms with E-state index in [0.717, 1.165) is 32.5 Å². The van der Waals surface area contributed by atoms with Crippen molar-refractivity contribution in [2.75, 3.05) is 39.8 Å². The van der Waals surface area contributed by atoms with Crippen LogP contribution in [0, 0.1) is 11.8 Å². The number of carbonyl (C=O) groups is 1. The van der Waals surface area contributed by atoms with Crippen molar-refractivity contribution in [3.63, 3.8) is 0 Å². The zero-order chi connectivity index (χ0) is 12.1. The maximum Gasteiger partial charge on any atom is 0.223 e. The fraction of sp³-hybridized carbons (Fsp3) is 0.923. The maximum atomic E-state index is 12.0. The highest BCUT2D eigenvalue weighted by atomic mass is 16.1. The van der Waals surface area contributed by atoms with Crippen LogP contribution < -0.4 is 10.6 Å². The summed E-state index contributed by atoms with van der Waals surface area (Å²) in [6.45, 7) is 5.22. The lowest BCUT2D eigenvalue weighted by molar-refractivity contribution is -0.126. The van der Waals surface area contributed by atoms with Gasteiger partial charge in [-0.15, -0.1) is 0 Å². The minimum absolute atomic E-state index is 0.252. The molecule has 1 amide bonds. The molecule has 0 radical (unpaired) electrons. The van der Waals surface area contributed by atoms with Crippen LogP contribution in [-0.4, -0.2) is 50.6 Å². The van der Waals surface area contributed by atoms with Gasteiger partial charge in [-0.25, -0.2) is 0 Å². The first-order valence-corrected chi connectivity index (χ1v) is 6.92. The summed E-state index contributed by atoms with van der Waals surface area (Å²) in [6.07, 6.45) is 4.45. The molecule has 2 fully saturated rings. The SMILES string of the molecule is CN1CCC(CNC(=O)C2CCNCC2)CC1. The summed E-state index contributed by atoms with van der Waals surface area (Å²) in [5.41, 5.74) is 0. The Morgan fingerprint density at radius 1 is 1.24 bits per heavy atom. The molecule has 0 atom stereocenters. The average Bonchev–Trinajstić information content (AvgIpc) is 2.39. The third-order valence-electron chi connectivity index (χ3n) is 4.11. The van der Waals surface area contributed by atoms with Gasteiger partial charge in [0, 0.05) is 12.5 Å². The molecule has 0 spiro atoms. The Morgan fingerprint density at radius 3 is 2.53 bits per heavy atom. The number of carbonyl (C=O) groups excluding carboxylic acids is 1. The lowest BCUT2D eigenvalue weighted by Gasteiger charge is -2.29. The first-order chi connectivity index (χ1) is 8.25. The van der Waals surface area contributed by atoms with Gasteiger partial charge in [0.1, 0.15) is 0 Å². The Bertz CT molecular complexity index is 243. The summed E-state index contributed by atoms with van der Waals surface area (Å²) in [7, 11) is 2.17. The van der Waals surface area contributed by atoms with Crippen LogP contribution in [0.5, 0.6) is 0 Å². The van der Waals surface area contributed by atoms with Crippen LogP contribution in [0.2, 0.25) is 0 Å². The number of nitrogens with one attached hydrogen (secondary N) is 2. The summed E-state index contributed by atoms with van der Waals surface area (Å²) >= 11 is 0. The largest absolute Gasteiger partial charge is 0.356 e. The Morgan fingerprint density at radius 2 is 1.88 bits per heavy atom. The van der Waals surface area contributed by atoms with Crippen LogP contribution >= 0.6 is 0 Å². The maximum absolute atomic E-state index is 12.0. The molecule has 4 heteroatoms. The predicted molar refractivity (Wildman–Crippen MR) is 68.8 cm³/mol. The normalized spacial score (nSPS) is 24.8. The van der Waals surface area contributed by atoms with E-state index in [0.29, 0.717) is 5.92 Å². The lowest BCUT2D eigenvalue weighted by atomic mass is 9.95. The van der Waals surface area contributed by atoms with Crippen LogP contribution in [0.4, 0.5) is 0 Å². The molecule has 2 N–H and O–H groups in total. The molecule has 0 aromatic rings. The third kappa shape index (κ3) is 3.96. The molecule has 17 heavy (non-hydrogen) atoms. The van der Waals surface area contributed by atoms with E-state index in [-0.39, 0.29) is 11.8 Å². The van der Waals surface area contributed by atoms with Gasteiger partial charge in [0.25, 0.3) is 0 Å². The molecular weight excluding hydrogens is 214 g/mol. The highest BCUT2D eigenvalue weighted by molar-refractivity contribution is 5.78. The smallest absolute Gasteiger partial charge is 0.223 e.